The Bertz CT molecular complexity index is 505. The smallest absolute Gasteiger partial charge is 0.340 e. The highest BCUT2D eigenvalue weighted by Gasteiger charge is 2.28. The Hall–Kier alpha value is -1.81. The molecule has 0 aromatic carbocycles. The minimum absolute atomic E-state index is 0.0259. The van der Waals surface area contributed by atoms with Gasteiger partial charge in [-0.25, -0.2) is 9.59 Å². The molecule has 1 aromatic heterocycles. The van der Waals surface area contributed by atoms with Crippen molar-refractivity contribution in [3.05, 3.63) is 21.7 Å². The number of hydrogen-bond acceptors (Lipinski definition) is 4. The number of aromatic carboxylic acids is 2. The first-order chi connectivity index (χ1) is 8.81. The summed E-state index contributed by atoms with van der Waals surface area (Å²) in [5.74, 6) is -2.93. The van der Waals surface area contributed by atoms with Crippen LogP contribution in [0.2, 0.25) is 0 Å². The predicted octanol–water partition coefficient (Wildman–Crippen LogP) is 2.25. The van der Waals surface area contributed by atoms with E-state index in [9.17, 15) is 24.6 Å². The fourth-order valence-corrected chi connectivity index (χ4v) is 4.41. The van der Waals surface area contributed by atoms with Gasteiger partial charge in [-0.2, -0.15) is 0 Å². The summed E-state index contributed by atoms with van der Waals surface area (Å²) in [6.45, 7) is 4.95. The molecular weight excluding hydrogens is 271 g/mol. The molecule has 0 aliphatic rings. The molecular formula is C12H15O6P. The van der Waals surface area contributed by atoms with E-state index in [-0.39, 0.29) is 23.4 Å². The molecule has 0 saturated heterocycles. The zero-order valence-electron chi connectivity index (χ0n) is 10.9. The lowest BCUT2D eigenvalue weighted by Gasteiger charge is -2.05. The van der Waals surface area contributed by atoms with Gasteiger partial charge in [0.05, 0.1) is 23.4 Å². The van der Waals surface area contributed by atoms with Crippen LogP contribution in [0.4, 0.5) is 0 Å². The zero-order chi connectivity index (χ0) is 14.7. The third-order valence-corrected chi connectivity index (χ3v) is 5.52. The highest BCUT2D eigenvalue weighted by Crippen LogP contribution is 2.46. The minimum Gasteiger partial charge on any atom is -0.477 e. The molecule has 7 heteroatoms. The topological polar surface area (TPSA) is 101 Å². The van der Waals surface area contributed by atoms with Gasteiger partial charge in [0.15, 0.2) is 0 Å². The molecule has 104 valence electrons. The second kappa shape index (κ2) is 5.89. The van der Waals surface area contributed by atoms with E-state index >= 15 is 0 Å². The average Bonchev–Trinajstić information content (AvgIpc) is 2.51. The van der Waals surface area contributed by atoms with E-state index in [1.54, 1.807) is 20.8 Å². The molecule has 0 bridgehead atoms. The van der Waals surface area contributed by atoms with Gasteiger partial charge in [0.1, 0.15) is 0 Å². The van der Waals surface area contributed by atoms with Gasteiger partial charge in [-0.3, -0.25) is 4.79 Å². The largest absolute Gasteiger partial charge is 0.477 e. The van der Waals surface area contributed by atoms with Crippen molar-refractivity contribution in [1.29, 1.82) is 0 Å². The molecule has 0 saturated carbocycles. The lowest BCUT2D eigenvalue weighted by molar-refractivity contribution is -0.141. The summed E-state index contributed by atoms with van der Waals surface area (Å²) >= 11 is 0. The van der Waals surface area contributed by atoms with E-state index in [0.717, 1.165) is 0 Å². The second-order valence-electron chi connectivity index (χ2n) is 3.95. The molecule has 1 rings (SSSR count). The van der Waals surface area contributed by atoms with Crippen molar-refractivity contribution in [1.82, 2.24) is 0 Å². The van der Waals surface area contributed by atoms with Crippen LogP contribution in [0.5, 0.6) is 0 Å². The van der Waals surface area contributed by atoms with Gasteiger partial charge < -0.3 is 14.9 Å². The first-order valence-electron chi connectivity index (χ1n) is 5.63. The molecule has 0 aliphatic carbocycles. The van der Waals surface area contributed by atoms with Gasteiger partial charge >= 0.3 is 17.9 Å². The number of ether oxygens (including phenoxy) is 1. The number of carbonyl (C=O) groups is 3. The molecule has 0 spiro atoms. The Morgan fingerprint density at radius 3 is 1.79 bits per heavy atom. The first kappa shape index (κ1) is 15.2. The summed E-state index contributed by atoms with van der Waals surface area (Å²) in [5.41, 5.74) is 0.862. The van der Waals surface area contributed by atoms with Crippen LogP contribution >= 0.6 is 7.53 Å². The zero-order valence-corrected chi connectivity index (χ0v) is 11.8. The molecule has 0 aliphatic heterocycles. The lowest BCUT2D eigenvalue weighted by Crippen LogP contribution is -2.06. The van der Waals surface area contributed by atoms with Gasteiger partial charge in [0.25, 0.3) is 0 Å². The van der Waals surface area contributed by atoms with E-state index in [2.05, 4.69) is 0 Å². The Kier molecular flexibility index (Phi) is 4.72. The molecule has 0 fully saturated rings. The highest BCUT2D eigenvalue weighted by molar-refractivity contribution is 7.53. The van der Waals surface area contributed by atoms with E-state index < -0.39 is 25.4 Å². The van der Waals surface area contributed by atoms with Gasteiger partial charge in [0, 0.05) is 0 Å². The van der Waals surface area contributed by atoms with Gasteiger partial charge in [-0.15, -0.1) is 0 Å². The van der Waals surface area contributed by atoms with Crippen molar-refractivity contribution >= 4 is 25.4 Å². The van der Waals surface area contributed by atoms with E-state index in [0.29, 0.717) is 11.1 Å². The summed E-state index contributed by atoms with van der Waals surface area (Å²) in [6, 6.07) is 0. The number of carboxylic acids is 2. The Morgan fingerprint density at radius 1 is 1.05 bits per heavy atom. The monoisotopic (exact) mass is 286 g/mol. The lowest BCUT2D eigenvalue weighted by atomic mass is 10.1. The third-order valence-electron chi connectivity index (χ3n) is 2.81. The highest BCUT2D eigenvalue weighted by atomic mass is 31.1. The predicted molar refractivity (Wildman–Crippen MR) is 69.2 cm³/mol. The first-order valence-corrected chi connectivity index (χ1v) is 7.15. The molecule has 0 unspecified atom stereocenters. The maximum atomic E-state index is 11.5. The maximum absolute atomic E-state index is 11.5. The van der Waals surface area contributed by atoms with Crippen LogP contribution in [-0.2, 0) is 15.7 Å². The standard InChI is InChI=1S/C12H15O6P/c1-4-18-8(13)5-19-9(11(14)15)6(2)7(3)10(19)12(16)17/h4-5H2,1-3H3,(H,14,15)(H,16,17). The van der Waals surface area contributed by atoms with Gasteiger partial charge in [-0.05, 0) is 31.9 Å². The maximum Gasteiger partial charge on any atom is 0.340 e. The summed E-state index contributed by atoms with van der Waals surface area (Å²) < 4.78 is 4.78. The Balaban J connectivity index is 3.40. The van der Waals surface area contributed by atoms with Crippen molar-refractivity contribution in [3.8, 4) is 0 Å². The van der Waals surface area contributed by atoms with Crippen LogP contribution in [0.15, 0.2) is 0 Å². The number of carboxylic acid groups (broad SMARTS) is 2. The minimum atomic E-state index is -1.69. The van der Waals surface area contributed by atoms with Gasteiger partial charge in [-0.1, -0.05) is 7.53 Å². The summed E-state index contributed by atoms with van der Waals surface area (Å²) in [7, 11) is -1.69. The van der Waals surface area contributed by atoms with Crippen LogP contribution in [-0.4, -0.2) is 34.7 Å². The van der Waals surface area contributed by atoms with E-state index in [4.69, 9.17) is 4.74 Å². The summed E-state index contributed by atoms with van der Waals surface area (Å²) in [6.07, 6.45) is -0.207. The average molecular weight is 286 g/mol. The van der Waals surface area contributed by atoms with Crippen molar-refractivity contribution in [3.63, 3.8) is 0 Å². The summed E-state index contributed by atoms with van der Waals surface area (Å²) in [5, 5.41) is 18.5. The van der Waals surface area contributed by atoms with Gasteiger partial charge in [0.2, 0.25) is 0 Å². The normalized spacial score (nSPS) is 10.3. The molecule has 0 radical (unpaired) electrons. The van der Waals surface area contributed by atoms with E-state index in [1.807, 2.05) is 0 Å². The number of hydrogen-bond donors (Lipinski definition) is 2. The number of carbonyl (C=O) groups excluding carboxylic acids is 1. The van der Waals surface area contributed by atoms with Crippen LogP contribution in [0.25, 0.3) is 0 Å². The van der Waals surface area contributed by atoms with Crippen molar-refractivity contribution in [2.45, 2.75) is 26.9 Å². The number of rotatable bonds is 5. The Labute approximate surface area is 111 Å². The SMILES string of the molecule is CCOC(=O)Cp1c(C(=O)O)c(C)c(C)c1C(=O)O. The molecule has 1 heterocycles. The Morgan fingerprint density at radius 2 is 1.47 bits per heavy atom. The molecule has 6 nitrogen and oxygen atoms in total. The quantitative estimate of drug-likeness (QED) is 0.805. The molecule has 0 amide bonds. The molecule has 19 heavy (non-hydrogen) atoms. The van der Waals surface area contributed by atoms with Crippen LogP contribution in [0, 0.1) is 13.8 Å². The molecule has 2 N–H and O–H groups in total. The van der Waals surface area contributed by atoms with E-state index in [1.165, 1.54) is 0 Å². The number of esters is 1. The van der Waals surface area contributed by atoms with Crippen LogP contribution in [0.3, 0.4) is 0 Å². The fraction of sp³-hybridized carbons (Fsp3) is 0.417. The van der Waals surface area contributed by atoms with Crippen molar-refractivity contribution < 1.29 is 29.3 Å². The third kappa shape index (κ3) is 2.96. The molecule has 1 aromatic rings. The van der Waals surface area contributed by atoms with Crippen molar-refractivity contribution in [2.24, 2.45) is 0 Å². The summed E-state index contributed by atoms with van der Waals surface area (Å²) in [4.78, 5) is 34.0. The van der Waals surface area contributed by atoms with Crippen LogP contribution < -0.4 is 0 Å². The van der Waals surface area contributed by atoms with Crippen molar-refractivity contribution in [2.75, 3.05) is 6.61 Å². The molecule has 0 atom stereocenters. The second-order valence-corrected chi connectivity index (χ2v) is 6.02. The fourth-order valence-electron chi connectivity index (χ4n) is 1.92. The van der Waals surface area contributed by atoms with Crippen LogP contribution in [0.1, 0.15) is 38.2 Å².